The van der Waals surface area contributed by atoms with E-state index in [1.54, 1.807) is 12.1 Å². The Morgan fingerprint density at radius 3 is 2.31 bits per heavy atom. The highest BCUT2D eigenvalue weighted by atomic mass is 19.1. The molecule has 26 heavy (non-hydrogen) atoms. The van der Waals surface area contributed by atoms with Gasteiger partial charge in [0.2, 0.25) is 0 Å². The van der Waals surface area contributed by atoms with Gasteiger partial charge in [0.05, 0.1) is 0 Å². The first-order valence-electron chi connectivity index (χ1n) is 9.35. The van der Waals surface area contributed by atoms with Crippen molar-refractivity contribution in [3.63, 3.8) is 0 Å². The van der Waals surface area contributed by atoms with Crippen LogP contribution in [0.2, 0.25) is 0 Å². The molecule has 2 atom stereocenters. The van der Waals surface area contributed by atoms with Crippen LogP contribution in [0.15, 0.2) is 42.5 Å². The average Bonchev–Trinajstić information content (AvgIpc) is 2.96. The summed E-state index contributed by atoms with van der Waals surface area (Å²) in [6.07, 6.45) is 0.921. The molecule has 4 rings (SSSR count). The van der Waals surface area contributed by atoms with Crippen LogP contribution in [0.4, 0.5) is 8.78 Å². The zero-order chi connectivity index (χ0) is 18.5. The van der Waals surface area contributed by atoms with Crippen LogP contribution in [0.5, 0.6) is 0 Å². The van der Waals surface area contributed by atoms with Crippen molar-refractivity contribution in [3.8, 4) is 0 Å². The maximum atomic E-state index is 14.0. The van der Waals surface area contributed by atoms with Crippen LogP contribution in [-0.2, 0) is 0 Å². The third-order valence-electron chi connectivity index (χ3n) is 6.30. The van der Waals surface area contributed by atoms with E-state index in [0.29, 0.717) is 0 Å². The molecule has 1 aliphatic carbocycles. The van der Waals surface area contributed by atoms with Crippen LogP contribution < -0.4 is 0 Å². The van der Waals surface area contributed by atoms with Gasteiger partial charge in [-0.15, -0.1) is 0 Å². The first kappa shape index (κ1) is 17.6. The Kier molecular flexibility index (Phi) is 4.36. The van der Waals surface area contributed by atoms with Gasteiger partial charge in [0, 0.05) is 37.1 Å². The van der Waals surface area contributed by atoms with Gasteiger partial charge >= 0.3 is 0 Å². The van der Waals surface area contributed by atoms with Gasteiger partial charge in [-0.1, -0.05) is 18.2 Å². The fourth-order valence-corrected chi connectivity index (χ4v) is 4.53. The number of likely N-dealkylation sites (N-methyl/N-ethyl adjacent to an activating group) is 1. The van der Waals surface area contributed by atoms with E-state index in [4.69, 9.17) is 0 Å². The smallest absolute Gasteiger partial charge is 0.123 e. The molecular weight excluding hydrogens is 330 g/mol. The van der Waals surface area contributed by atoms with E-state index >= 15 is 0 Å². The first-order chi connectivity index (χ1) is 12.3. The van der Waals surface area contributed by atoms with E-state index in [0.717, 1.165) is 37.2 Å². The zero-order valence-corrected chi connectivity index (χ0v) is 15.7. The van der Waals surface area contributed by atoms with Crippen molar-refractivity contribution < 1.29 is 8.78 Å². The Morgan fingerprint density at radius 2 is 1.62 bits per heavy atom. The Morgan fingerprint density at radius 1 is 0.923 bits per heavy atom. The lowest BCUT2D eigenvalue weighted by molar-refractivity contribution is 0.0158. The molecule has 1 fully saturated rings. The molecule has 2 nitrogen and oxygen atoms in total. The average molecular weight is 356 g/mol. The molecule has 2 aromatic carbocycles. The van der Waals surface area contributed by atoms with Crippen molar-refractivity contribution in [1.29, 1.82) is 0 Å². The summed E-state index contributed by atoms with van der Waals surface area (Å²) in [6.45, 7) is 7.47. The second-order valence-corrected chi connectivity index (χ2v) is 8.33. The number of rotatable bonds is 2. The van der Waals surface area contributed by atoms with Gasteiger partial charge < -0.3 is 0 Å². The summed E-state index contributed by atoms with van der Waals surface area (Å²) in [7, 11) is 2.17. The molecule has 0 spiro atoms. The number of halogens is 2. The van der Waals surface area contributed by atoms with Gasteiger partial charge in [0.15, 0.2) is 0 Å². The first-order valence-corrected chi connectivity index (χ1v) is 9.35. The van der Waals surface area contributed by atoms with Crippen molar-refractivity contribution in [1.82, 2.24) is 9.80 Å². The molecule has 1 heterocycles. The van der Waals surface area contributed by atoms with E-state index in [1.807, 2.05) is 18.2 Å². The molecule has 0 saturated carbocycles. The Balaban J connectivity index is 1.69. The highest BCUT2D eigenvalue weighted by molar-refractivity contribution is 5.45. The quantitative estimate of drug-likeness (QED) is 0.778. The summed E-state index contributed by atoms with van der Waals surface area (Å²) in [4.78, 5) is 4.89. The van der Waals surface area contributed by atoms with Crippen molar-refractivity contribution in [2.24, 2.45) is 0 Å². The van der Waals surface area contributed by atoms with E-state index in [1.165, 1.54) is 17.7 Å². The van der Waals surface area contributed by atoms with Crippen LogP contribution >= 0.6 is 0 Å². The lowest BCUT2D eigenvalue weighted by Gasteiger charge is -2.47. The fraction of sp³-hybridized carbons (Fsp3) is 0.455. The molecule has 0 amide bonds. The van der Waals surface area contributed by atoms with Crippen molar-refractivity contribution in [2.75, 3.05) is 26.7 Å². The van der Waals surface area contributed by atoms with E-state index in [-0.39, 0.29) is 29.1 Å². The Labute approximate surface area is 154 Å². The minimum Gasteiger partial charge on any atom is -0.299 e. The van der Waals surface area contributed by atoms with Gasteiger partial charge in [-0.3, -0.25) is 9.80 Å². The summed E-state index contributed by atoms with van der Waals surface area (Å²) < 4.78 is 27.4. The molecule has 0 N–H and O–H groups in total. The maximum absolute atomic E-state index is 14.0. The lowest BCUT2D eigenvalue weighted by Crippen LogP contribution is -2.58. The highest BCUT2D eigenvalue weighted by Gasteiger charge is 2.40. The second-order valence-electron chi connectivity index (χ2n) is 8.33. The third-order valence-corrected chi connectivity index (χ3v) is 6.30. The molecule has 4 heteroatoms. The second kappa shape index (κ2) is 6.43. The maximum Gasteiger partial charge on any atom is 0.123 e. The highest BCUT2D eigenvalue weighted by Crippen LogP contribution is 2.47. The summed E-state index contributed by atoms with van der Waals surface area (Å²) in [5, 5.41) is 0. The molecule has 138 valence electrons. The minimum absolute atomic E-state index is 0.0969. The minimum atomic E-state index is -0.219. The number of fused-ring (bicyclic) bond motifs is 1. The van der Waals surface area contributed by atoms with Crippen molar-refractivity contribution >= 4 is 0 Å². The number of nitrogens with zero attached hydrogens (tertiary/aromatic N) is 2. The predicted octanol–water partition coefficient (Wildman–Crippen LogP) is 4.57. The number of benzene rings is 2. The Bertz CT molecular complexity index is 800. The van der Waals surface area contributed by atoms with Crippen LogP contribution in [0.25, 0.3) is 0 Å². The molecule has 0 bridgehead atoms. The van der Waals surface area contributed by atoms with Gasteiger partial charge in [0.1, 0.15) is 11.6 Å². The molecule has 0 radical (unpaired) electrons. The predicted molar refractivity (Wildman–Crippen MR) is 100 cm³/mol. The standard InChI is InChI=1S/C22H26F2N2/c1-22(2)14-26(11-10-25(22)3)21-13-19(15-4-6-16(23)7-5-15)18-9-8-17(24)12-20(18)21/h4-9,12,19,21H,10-11,13-14H2,1-3H3/t19-,21+/m0/s1. The molecule has 2 aliphatic rings. The lowest BCUT2D eigenvalue weighted by atomic mass is 9.93. The summed E-state index contributed by atoms with van der Waals surface area (Å²) >= 11 is 0. The normalized spacial score (nSPS) is 26.0. The molecule has 0 unspecified atom stereocenters. The Hall–Kier alpha value is -1.78. The van der Waals surface area contributed by atoms with Crippen molar-refractivity contribution in [2.45, 2.75) is 37.8 Å². The van der Waals surface area contributed by atoms with Gasteiger partial charge in [-0.2, -0.15) is 0 Å². The largest absolute Gasteiger partial charge is 0.299 e. The summed E-state index contributed by atoms with van der Waals surface area (Å²) in [5.74, 6) is -0.204. The summed E-state index contributed by atoms with van der Waals surface area (Å²) in [6, 6.07) is 12.1. The number of hydrogen-bond donors (Lipinski definition) is 0. The molecule has 1 aliphatic heterocycles. The van der Waals surface area contributed by atoms with Crippen LogP contribution in [0.3, 0.4) is 0 Å². The topological polar surface area (TPSA) is 6.48 Å². The van der Waals surface area contributed by atoms with E-state index < -0.39 is 0 Å². The van der Waals surface area contributed by atoms with Gasteiger partial charge in [-0.05, 0) is 68.3 Å². The zero-order valence-electron chi connectivity index (χ0n) is 15.7. The van der Waals surface area contributed by atoms with Crippen molar-refractivity contribution in [3.05, 3.63) is 70.8 Å². The van der Waals surface area contributed by atoms with Gasteiger partial charge in [0.25, 0.3) is 0 Å². The van der Waals surface area contributed by atoms with E-state index in [9.17, 15) is 8.78 Å². The fourth-order valence-electron chi connectivity index (χ4n) is 4.53. The van der Waals surface area contributed by atoms with Crippen LogP contribution in [0.1, 0.15) is 48.9 Å². The van der Waals surface area contributed by atoms with Crippen LogP contribution in [-0.4, -0.2) is 42.0 Å². The molecule has 2 aromatic rings. The van der Waals surface area contributed by atoms with Gasteiger partial charge in [-0.25, -0.2) is 8.78 Å². The number of hydrogen-bond acceptors (Lipinski definition) is 2. The van der Waals surface area contributed by atoms with E-state index in [2.05, 4.69) is 30.7 Å². The van der Waals surface area contributed by atoms with Crippen LogP contribution in [0, 0.1) is 11.6 Å². The SMILES string of the molecule is CN1CCN([C@@H]2C[C@@H](c3ccc(F)cc3)c3ccc(F)cc32)CC1(C)C. The summed E-state index contributed by atoms with van der Waals surface area (Å²) in [5.41, 5.74) is 3.48. The molecule has 1 saturated heterocycles. The third kappa shape index (κ3) is 3.06. The number of piperazine rings is 1. The monoisotopic (exact) mass is 356 g/mol. The molecular formula is C22H26F2N2. The molecule has 0 aromatic heterocycles.